The largest absolute Gasteiger partial charge is 0.455 e. The number of hydrogen-bond acceptors (Lipinski definition) is 1. The lowest BCUT2D eigenvalue weighted by Crippen LogP contribution is -1.91. The van der Waals surface area contributed by atoms with Gasteiger partial charge in [0.1, 0.15) is 11.2 Å². The molecule has 9 aromatic carbocycles. The fraction of sp³-hybridized carbons (Fsp3) is 0. The number of benzene rings is 9. The molecule has 47 heavy (non-hydrogen) atoms. The summed E-state index contributed by atoms with van der Waals surface area (Å²) in [5.41, 5.74) is 1.29. The van der Waals surface area contributed by atoms with Crippen LogP contribution in [-0.4, -0.2) is 0 Å². The van der Waals surface area contributed by atoms with Gasteiger partial charge < -0.3 is 4.42 Å². The first-order chi connectivity index (χ1) is 28.7. The lowest BCUT2D eigenvalue weighted by Gasteiger charge is -2.18. The topological polar surface area (TPSA) is 13.1 Å². The summed E-state index contributed by atoms with van der Waals surface area (Å²) in [5, 5.41) is 3.37. The molecule has 0 aliphatic heterocycles. The van der Waals surface area contributed by atoms with Crippen molar-refractivity contribution in [1.29, 1.82) is 0 Å². The zero-order valence-electron chi connectivity index (χ0n) is 37.6. The van der Waals surface area contributed by atoms with Crippen LogP contribution >= 0.6 is 0 Å². The predicted molar refractivity (Wildman–Crippen MR) is 200 cm³/mol. The third-order valence-electron chi connectivity index (χ3n) is 8.78. The molecular formula is C46H28O. The van der Waals surface area contributed by atoms with Crippen LogP contribution in [-0.2, 0) is 0 Å². The van der Waals surface area contributed by atoms with Crippen LogP contribution in [0.5, 0.6) is 0 Å². The maximum atomic E-state index is 9.77. The fourth-order valence-electron chi connectivity index (χ4n) is 6.66. The van der Waals surface area contributed by atoms with Crippen LogP contribution in [0.2, 0.25) is 0 Å². The Hall–Kier alpha value is -6.18. The van der Waals surface area contributed by atoms with Crippen molar-refractivity contribution < 1.29 is 22.2 Å². The molecule has 1 nitrogen and oxygen atoms in total. The number of rotatable bonds is 3. The predicted octanol–water partition coefficient (Wildman–Crippen LogP) is 13.2. The van der Waals surface area contributed by atoms with Crippen LogP contribution in [0.3, 0.4) is 0 Å². The number of furan rings is 1. The van der Waals surface area contributed by atoms with Gasteiger partial charge in [-0.25, -0.2) is 0 Å². The molecule has 0 N–H and O–H groups in total. The minimum absolute atomic E-state index is 0.00637. The molecule has 0 bridgehead atoms. The summed E-state index contributed by atoms with van der Waals surface area (Å²) >= 11 is 0. The lowest BCUT2D eigenvalue weighted by atomic mass is 9.85. The van der Waals surface area contributed by atoms with E-state index in [1.807, 2.05) is 42.5 Å². The van der Waals surface area contributed by atoms with Gasteiger partial charge in [0, 0.05) is 16.2 Å². The van der Waals surface area contributed by atoms with Crippen molar-refractivity contribution in [3.63, 3.8) is 0 Å². The molecule has 0 saturated carbocycles. The standard InChI is InChI=1S/C46H28O/c1-2-12-31-26-33(21-20-29(31)10-1)32-13-9-14-34(27-32)44-37-16-5-7-18-39(37)45(40-19-8-6-17-38(40)44)35-23-25-43-42(28-35)41-24-22-30-11-3-4-15-36(30)46(41)47-43/h1-28H/i3D,4D,9D,11D,13D,14D,15D,22D,23D,24D,25D,27D,28D. The van der Waals surface area contributed by atoms with Gasteiger partial charge in [-0.1, -0.05) is 139 Å². The van der Waals surface area contributed by atoms with Crippen LogP contribution in [0.25, 0.3) is 98.4 Å². The number of hydrogen-bond donors (Lipinski definition) is 0. The molecular weight excluding hydrogens is 569 g/mol. The molecule has 1 aromatic heterocycles. The Bertz CT molecular complexity index is 3540. The summed E-state index contributed by atoms with van der Waals surface area (Å²) < 4.78 is 123. The molecule has 0 aliphatic rings. The van der Waals surface area contributed by atoms with E-state index in [2.05, 4.69) is 0 Å². The summed E-state index contributed by atoms with van der Waals surface area (Å²) in [4.78, 5) is 0. The van der Waals surface area contributed by atoms with E-state index in [-0.39, 0.29) is 85.7 Å². The quantitative estimate of drug-likeness (QED) is 0.182. The third kappa shape index (κ3) is 4.03. The van der Waals surface area contributed by atoms with Crippen molar-refractivity contribution >= 4 is 65.0 Å². The molecule has 0 amide bonds. The van der Waals surface area contributed by atoms with E-state index in [1.165, 1.54) is 0 Å². The van der Waals surface area contributed by atoms with Gasteiger partial charge in [-0.2, -0.15) is 0 Å². The van der Waals surface area contributed by atoms with Crippen molar-refractivity contribution in [2.45, 2.75) is 0 Å². The van der Waals surface area contributed by atoms with Crippen molar-refractivity contribution in [3.8, 4) is 33.4 Å². The van der Waals surface area contributed by atoms with E-state index in [1.54, 1.807) is 48.5 Å². The molecule has 0 saturated heterocycles. The SMILES string of the molecule is [2H]c1c([2H])c(-c2ccc3ccccc3c2)c([2H])c(-c2c3ccccc3c(-c3c([2H])c([2H])c4oc5c6c([2H])c([2H])c([2H])c([2H])c6c([2H])c([2H])c5c4c3[2H])c3ccccc23)c1[2H]. The Morgan fingerprint density at radius 1 is 0.383 bits per heavy atom. The highest BCUT2D eigenvalue weighted by atomic mass is 16.3. The second-order valence-corrected chi connectivity index (χ2v) is 11.4. The molecule has 0 aliphatic carbocycles. The maximum absolute atomic E-state index is 9.77. The zero-order chi connectivity index (χ0) is 42.2. The molecule has 1 heterocycles. The normalized spacial score (nSPS) is 15.7. The molecule has 0 fully saturated rings. The Labute approximate surface area is 290 Å². The minimum atomic E-state index is -0.578. The Morgan fingerprint density at radius 3 is 1.81 bits per heavy atom. The lowest BCUT2D eigenvalue weighted by molar-refractivity contribution is 0.672. The van der Waals surface area contributed by atoms with Gasteiger partial charge in [-0.15, -0.1) is 0 Å². The third-order valence-corrected chi connectivity index (χ3v) is 8.78. The molecule has 0 unspecified atom stereocenters. The summed E-state index contributed by atoms with van der Waals surface area (Å²) in [6.45, 7) is 0. The van der Waals surface area contributed by atoms with Crippen molar-refractivity contribution in [1.82, 2.24) is 0 Å². The minimum Gasteiger partial charge on any atom is -0.455 e. The zero-order valence-corrected chi connectivity index (χ0v) is 24.6. The fourth-order valence-corrected chi connectivity index (χ4v) is 6.66. The van der Waals surface area contributed by atoms with E-state index >= 15 is 0 Å². The van der Waals surface area contributed by atoms with Gasteiger partial charge in [0.05, 0.1) is 17.8 Å². The van der Waals surface area contributed by atoms with Crippen molar-refractivity contribution in [2.24, 2.45) is 0 Å². The maximum Gasteiger partial charge on any atom is 0.143 e. The van der Waals surface area contributed by atoms with Gasteiger partial charge in [0.2, 0.25) is 0 Å². The molecule has 0 radical (unpaired) electrons. The van der Waals surface area contributed by atoms with Crippen LogP contribution < -0.4 is 0 Å². The molecule has 218 valence electrons. The molecule has 10 rings (SSSR count). The first kappa shape index (κ1) is 16.4. The van der Waals surface area contributed by atoms with Crippen molar-refractivity contribution in [2.75, 3.05) is 0 Å². The van der Waals surface area contributed by atoms with Crippen molar-refractivity contribution in [3.05, 3.63) is 170 Å². The number of fused-ring (bicyclic) bond motifs is 8. The highest BCUT2D eigenvalue weighted by Crippen LogP contribution is 2.45. The Balaban J connectivity index is 1.33. The van der Waals surface area contributed by atoms with Gasteiger partial charge in [0.15, 0.2) is 0 Å². The second kappa shape index (κ2) is 10.2. The van der Waals surface area contributed by atoms with E-state index in [4.69, 9.17) is 15.4 Å². The first-order valence-electron chi connectivity index (χ1n) is 21.6. The molecule has 0 atom stereocenters. The summed E-state index contributed by atoms with van der Waals surface area (Å²) in [5.74, 6) is 0. The second-order valence-electron chi connectivity index (χ2n) is 11.4. The summed E-state index contributed by atoms with van der Waals surface area (Å²) in [6, 6.07) is 22.3. The van der Waals surface area contributed by atoms with Gasteiger partial charge >= 0.3 is 0 Å². The summed E-state index contributed by atoms with van der Waals surface area (Å²) in [6.07, 6.45) is 0. The van der Waals surface area contributed by atoms with E-state index in [9.17, 15) is 6.85 Å². The highest BCUT2D eigenvalue weighted by Gasteiger charge is 2.18. The summed E-state index contributed by atoms with van der Waals surface area (Å²) in [7, 11) is 0. The van der Waals surface area contributed by atoms with Crippen LogP contribution in [0.4, 0.5) is 0 Å². The Morgan fingerprint density at radius 2 is 1.04 bits per heavy atom. The smallest absolute Gasteiger partial charge is 0.143 e. The Kier molecular flexibility index (Phi) is 3.55. The van der Waals surface area contributed by atoms with Gasteiger partial charge in [-0.05, 0) is 101 Å². The van der Waals surface area contributed by atoms with E-state index in [0.29, 0.717) is 38.2 Å². The molecule has 0 spiro atoms. The van der Waals surface area contributed by atoms with E-state index < -0.39 is 42.3 Å². The van der Waals surface area contributed by atoms with Gasteiger partial charge in [0.25, 0.3) is 0 Å². The van der Waals surface area contributed by atoms with E-state index in [0.717, 1.165) is 10.8 Å². The average Bonchev–Trinajstić information content (AvgIpc) is 3.66. The van der Waals surface area contributed by atoms with Crippen LogP contribution in [0.15, 0.2) is 174 Å². The molecule has 1 heteroatoms. The van der Waals surface area contributed by atoms with Gasteiger partial charge in [-0.3, -0.25) is 0 Å². The average molecular weight is 610 g/mol. The highest BCUT2D eigenvalue weighted by molar-refractivity contribution is 6.23. The monoisotopic (exact) mass is 609 g/mol. The first-order valence-corrected chi connectivity index (χ1v) is 15.1. The van der Waals surface area contributed by atoms with Crippen LogP contribution in [0.1, 0.15) is 17.8 Å². The van der Waals surface area contributed by atoms with Crippen LogP contribution in [0, 0.1) is 0 Å². The molecule has 10 aromatic rings.